The highest BCUT2D eigenvalue weighted by molar-refractivity contribution is 5.77. The van der Waals surface area contributed by atoms with E-state index >= 15 is 0 Å². The van der Waals surface area contributed by atoms with Crippen LogP contribution in [0, 0.1) is 12.8 Å². The van der Waals surface area contributed by atoms with Gasteiger partial charge in [0, 0.05) is 6.54 Å². The van der Waals surface area contributed by atoms with E-state index in [2.05, 4.69) is 5.32 Å². The fraction of sp³-hybridized carbons (Fsp3) is 0.467. The van der Waals surface area contributed by atoms with E-state index < -0.39 is 11.9 Å². The number of hydrogen-bond donors (Lipinski definition) is 2. The highest BCUT2D eigenvalue weighted by atomic mass is 16.5. The molecule has 0 heterocycles. The van der Waals surface area contributed by atoms with Gasteiger partial charge in [-0.05, 0) is 25.5 Å². The van der Waals surface area contributed by atoms with Crippen molar-refractivity contribution in [2.24, 2.45) is 5.92 Å². The number of amides is 1. The number of nitrogens with one attached hydrogen (secondary N) is 1. The topological polar surface area (TPSA) is 75.6 Å². The first kappa shape index (κ1) is 16.0. The summed E-state index contributed by atoms with van der Waals surface area (Å²) in [5.41, 5.74) is 1.15. The van der Waals surface area contributed by atoms with Gasteiger partial charge in [-0.1, -0.05) is 24.6 Å². The molecule has 1 unspecified atom stereocenters. The fourth-order valence-corrected chi connectivity index (χ4v) is 1.63. The van der Waals surface area contributed by atoms with Crippen molar-refractivity contribution in [1.29, 1.82) is 0 Å². The van der Waals surface area contributed by atoms with Gasteiger partial charge in [0.25, 0.3) is 0 Å². The maximum absolute atomic E-state index is 11.5. The minimum atomic E-state index is -0.885. The van der Waals surface area contributed by atoms with Gasteiger partial charge in [0.15, 0.2) is 0 Å². The van der Waals surface area contributed by atoms with Gasteiger partial charge in [0.1, 0.15) is 5.75 Å². The van der Waals surface area contributed by atoms with Gasteiger partial charge in [-0.15, -0.1) is 0 Å². The normalized spacial score (nSPS) is 11.7. The molecule has 0 spiro atoms. The zero-order valence-electron chi connectivity index (χ0n) is 11.9. The Labute approximate surface area is 118 Å². The third-order valence-corrected chi connectivity index (χ3v) is 3.01. The number of carboxylic acids is 1. The van der Waals surface area contributed by atoms with E-state index in [1.807, 2.05) is 31.2 Å². The van der Waals surface area contributed by atoms with Gasteiger partial charge >= 0.3 is 5.97 Å². The smallest absolute Gasteiger partial charge is 0.308 e. The average Bonchev–Trinajstić information content (AvgIpc) is 2.41. The molecule has 1 atom stereocenters. The maximum atomic E-state index is 11.5. The molecule has 5 heteroatoms. The van der Waals surface area contributed by atoms with Crippen LogP contribution >= 0.6 is 0 Å². The third kappa shape index (κ3) is 5.73. The second-order valence-corrected chi connectivity index (χ2v) is 4.66. The van der Waals surface area contributed by atoms with Crippen LogP contribution in [0.5, 0.6) is 5.75 Å². The Morgan fingerprint density at radius 1 is 1.30 bits per heavy atom. The first-order valence-electron chi connectivity index (χ1n) is 6.72. The van der Waals surface area contributed by atoms with E-state index in [0.717, 1.165) is 11.3 Å². The Morgan fingerprint density at radius 2 is 1.95 bits per heavy atom. The lowest BCUT2D eigenvalue weighted by Crippen LogP contribution is -2.33. The van der Waals surface area contributed by atoms with Gasteiger partial charge in [-0.3, -0.25) is 9.59 Å². The molecule has 0 saturated carbocycles. The molecule has 0 bridgehead atoms. The monoisotopic (exact) mass is 279 g/mol. The van der Waals surface area contributed by atoms with E-state index in [1.54, 1.807) is 6.92 Å². The summed E-state index contributed by atoms with van der Waals surface area (Å²) in [6.45, 7) is 4.21. The lowest BCUT2D eigenvalue weighted by atomic mass is 10.1. The Kier molecular flexibility index (Phi) is 6.56. The molecule has 1 aromatic carbocycles. The van der Waals surface area contributed by atoms with E-state index in [9.17, 15) is 9.59 Å². The number of ether oxygens (including phenoxy) is 1. The molecule has 0 saturated heterocycles. The van der Waals surface area contributed by atoms with Crippen LogP contribution in [0.15, 0.2) is 24.3 Å². The zero-order valence-corrected chi connectivity index (χ0v) is 11.9. The van der Waals surface area contributed by atoms with Crippen molar-refractivity contribution in [2.75, 3.05) is 13.2 Å². The summed E-state index contributed by atoms with van der Waals surface area (Å²) in [6.07, 6.45) is 0.708. The molecule has 1 aromatic rings. The summed E-state index contributed by atoms with van der Waals surface area (Å²) in [4.78, 5) is 22.3. The van der Waals surface area contributed by atoms with Gasteiger partial charge in [0.2, 0.25) is 5.91 Å². The van der Waals surface area contributed by atoms with Gasteiger partial charge in [-0.25, -0.2) is 0 Å². The first-order valence-corrected chi connectivity index (χ1v) is 6.72. The average molecular weight is 279 g/mol. The van der Waals surface area contributed by atoms with E-state index in [0.29, 0.717) is 6.42 Å². The van der Waals surface area contributed by atoms with Crippen molar-refractivity contribution in [3.8, 4) is 5.75 Å². The van der Waals surface area contributed by atoms with Crippen molar-refractivity contribution in [3.63, 3.8) is 0 Å². The second kappa shape index (κ2) is 8.19. The summed E-state index contributed by atoms with van der Waals surface area (Å²) in [6, 6.07) is 7.58. The molecule has 1 amide bonds. The van der Waals surface area contributed by atoms with Crippen LogP contribution in [0.25, 0.3) is 0 Å². The molecule has 5 nitrogen and oxygen atoms in total. The molecule has 0 fully saturated rings. The van der Waals surface area contributed by atoms with E-state index in [1.165, 1.54) is 0 Å². The molecule has 0 radical (unpaired) electrons. The Morgan fingerprint density at radius 3 is 2.50 bits per heavy atom. The molecular weight excluding hydrogens is 258 g/mol. The number of hydrogen-bond acceptors (Lipinski definition) is 3. The van der Waals surface area contributed by atoms with Crippen LogP contribution in [0.4, 0.5) is 0 Å². The second-order valence-electron chi connectivity index (χ2n) is 4.66. The third-order valence-electron chi connectivity index (χ3n) is 3.01. The molecule has 2 N–H and O–H groups in total. The summed E-state index contributed by atoms with van der Waals surface area (Å²) < 4.78 is 5.44. The Balaban J connectivity index is 2.23. The fourth-order valence-electron chi connectivity index (χ4n) is 1.63. The van der Waals surface area contributed by atoms with Crippen molar-refractivity contribution in [2.45, 2.75) is 26.7 Å². The van der Waals surface area contributed by atoms with Crippen molar-refractivity contribution < 1.29 is 19.4 Å². The molecule has 0 aromatic heterocycles. The number of carbonyl (C=O) groups excluding carboxylic acids is 1. The van der Waals surface area contributed by atoms with Crippen LogP contribution in [0.1, 0.15) is 25.3 Å². The molecule has 0 aliphatic heterocycles. The van der Waals surface area contributed by atoms with Gasteiger partial charge in [0.05, 0.1) is 18.9 Å². The summed E-state index contributed by atoms with van der Waals surface area (Å²) in [5, 5.41) is 11.5. The number of benzene rings is 1. The SMILES string of the molecule is CCC(CNC(=O)CCOc1ccc(C)cc1)C(=O)O. The number of aliphatic carboxylic acids is 1. The van der Waals surface area contributed by atoms with Crippen molar-refractivity contribution >= 4 is 11.9 Å². The van der Waals surface area contributed by atoms with Crippen LogP contribution in [0.3, 0.4) is 0 Å². The van der Waals surface area contributed by atoms with Crippen LogP contribution in [0.2, 0.25) is 0 Å². The number of carboxylic acid groups (broad SMARTS) is 1. The summed E-state index contributed by atoms with van der Waals surface area (Å²) >= 11 is 0. The van der Waals surface area contributed by atoms with Crippen LogP contribution in [-0.4, -0.2) is 30.1 Å². The number of rotatable bonds is 8. The lowest BCUT2D eigenvalue weighted by molar-refractivity contribution is -0.141. The molecule has 0 aliphatic carbocycles. The van der Waals surface area contributed by atoms with Crippen LogP contribution in [-0.2, 0) is 9.59 Å². The molecule has 20 heavy (non-hydrogen) atoms. The molecular formula is C15H21NO4. The first-order chi connectivity index (χ1) is 9.52. The lowest BCUT2D eigenvalue weighted by Gasteiger charge is -2.11. The largest absolute Gasteiger partial charge is 0.493 e. The van der Waals surface area contributed by atoms with E-state index in [4.69, 9.17) is 9.84 Å². The Bertz CT molecular complexity index is 442. The molecule has 0 aliphatic rings. The van der Waals surface area contributed by atoms with Crippen molar-refractivity contribution in [3.05, 3.63) is 29.8 Å². The minimum absolute atomic E-state index is 0.162. The molecule has 110 valence electrons. The Hall–Kier alpha value is -2.04. The summed E-state index contributed by atoms with van der Waals surface area (Å²) in [5.74, 6) is -0.891. The minimum Gasteiger partial charge on any atom is -0.493 e. The molecule has 1 rings (SSSR count). The summed E-state index contributed by atoms with van der Waals surface area (Å²) in [7, 11) is 0. The maximum Gasteiger partial charge on any atom is 0.308 e. The van der Waals surface area contributed by atoms with Gasteiger partial charge < -0.3 is 15.2 Å². The predicted octanol–water partition coefficient (Wildman–Crippen LogP) is 1.99. The number of aryl methyl sites for hydroxylation is 1. The quantitative estimate of drug-likeness (QED) is 0.763. The van der Waals surface area contributed by atoms with Gasteiger partial charge in [-0.2, -0.15) is 0 Å². The predicted molar refractivity (Wildman–Crippen MR) is 75.7 cm³/mol. The zero-order chi connectivity index (χ0) is 15.0. The highest BCUT2D eigenvalue weighted by Crippen LogP contribution is 2.11. The highest BCUT2D eigenvalue weighted by Gasteiger charge is 2.15. The van der Waals surface area contributed by atoms with E-state index in [-0.39, 0.29) is 25.5 Å². The standard InChI is InChI=1S/C15H21NO4/c1-3-12(15(18)19)10-16-14(17)8-9-20-13-6-4-11(2)5-7-13/h4-7,12H,3,8-10H2,1-2H3,(H,16,17)(H,18,19). The van der Waals surface area contributed by atoms with Crippen LogP contribution < -0.4 is 10.1 Å². The van der Waals surface area contributed by atoms with Crippen molar-refractivity contribution in [1.82, 2.24) is 5.32 Å². The number of carbonyl (C=O) groups is 2.